The smallest absolute Gasteiger partial charge is 0.253 e. The summed E-state index contributed by atoms with van der Waals surface area (Å²) in [5.74, 6) is -0.680. The molecule has 0 bridgehead atoms. The normalized spacial score (nSPS) is 23.7. The van der Waals surface area contributed by atoms with Gasteiger partial charge < -0.3 is 16.8 Å². The lowest BCUT2D eigenvalue weighted by Crippen LogP contribution is -2.40. The van der Waals surface area contributed by atoms with Gasteiger partial charge in [-0.1, -0.05) is 0 Å². The second kappa shape index (κ2) is 5.35. The van der Waals surface area contributed by atoms with E-state index in [2.05, 4.69) is 5.32 Å². The molecule has 1 aromatic rings. The molecule has 1 amide bonds. The number of hydrogen-bond acceptors (Lipinski definition) is 3. The fourth-order valence-corrected chi connectivity index (χ4v) is 2.27. The zero-order valence-electron chi connectivity index (χ0n) is 10.2. The second-order valence-corrected chi connectivity index (χ2v) is 4.82. The fourth-order valence-electron chi connectivity index (χ4n) is 2.27. The molecule has 0 aromatic heterocycles. The van der Waals surface area contributed by atoms with E-state index in [9.17, 15) is 9.18 Å². The van der Waals surface area contributed by atoms with Gasteiger partial charge >= 0.3 is 0 Å². The first-order valence-electron chi connectivity index (χ1n) is 6.17. The van der Waals surface area contributed by atoms with Crippen LogP contribution in [-0.4, -0.2) is 18.0 Å². The van der Waals surface area contributed by atoms with E-state index in [1.807, 2.05) is 0 Å². The van der Waals surface area contributed by atoms with Crippen LogP contribution in [0.3, 0.4) is 0 Å². The molecule has 0 spiro atoms. The molecule has 0 aliphatic heterocycles. The summed E-state index contributed by atoms with van der Waals surface area (Å²) in [5.41, 5.74) is 11.9. The van der Waals surface area contributed by atoms with Crippen LogP contribution in [0.2, 0.25) is 0 Å². The molecule has 18 heavy (non-hydrogen) atoms. The van der Waals surface area contributed by atoms with Gasteiger partial charge in [0.15, 0.2) is 0 Å². The van der Waals surface area contributed by atoms with Crippen LogP contribution in [0.15, 0.2) is 18.2 Å². The zero-order valence-corrected chi connectivity index (χ0v) is 10.2. The summed E-state index contributed by atoms with van der Waals surface area (Å²) >= 11 is 0. The highest BCUT2D eigenvalue weighted by atomic mass is 19.1. The van der Waals surface area contributed by atoms with E-state index in [1.165, 1.54) is 12.1 Å². The second-order valence-electron chi connectivity index (χ2n) is 4.82. The van der Waals surface area contributed by atoms with Gasteiger partial charge in [0, 0.05) is 17.8 Å². The van der Waals surface area contributed by atoms with Crippen LogP contribution >= 0.6 is 0 Å². The number of hydrogen-bond donors (Lipinski definition) is 3. The number of amides is 1. The van der Waals surface area contributed by atoms with Crippen LogP contribution in [0.5, 0.6) is 0 Å². The number of nitrogen functional groups attached to an aromatic ring is 1. The van der Waals surface area contributed by atoms with Gasteiger partial charge in [0.25, 0.3) is 5.91 Å². The molecule has 0 radical (unpaired) electrons. The van der Waals surface area contributed by atoms with Gasteiger partial charge in [-0.2, -0.15) is 0 Å². The van der Waals surface area contributed by atoms with Crippen molar-refractivity contribution in [2.75, 3.05) is 5.73 Å². The molecule has 1 fully saturated rings. The summed E-state index contributed by atoms with van der Waals surface area (Å²) in [5, 5.41) is 2.92. The zero-order chi connectivity index (χ0) is 13.1. The standard InChI is InChI=1S/C13H18FN3O/c14-8-1-6-11(12(16)7-8)13(18)17-10-4-2-9(15)3-5-10/h1,6-7,9-10H,2-5,15-16H2,(H,17,18). The maximum absolute atomic E-state index is 12.9. The van der Waals surface area contributed by atoms with Crippen LogP contribution in [0.4, 0.5) is 10.1 Å². The minimum absolute atomic E-state index is 0.141. The fraction of sp³-hybridized carbons (Fsp3) is 0.462. The molecule has 5 heteroatoms. The van der Waals surface area contributed by atoms with Crippen molar-refractivity contribution in [2.24, 2.45) is 5.73 Å². The van der Waals surface area contributed by atoms with Crippen molar-refractivity contribution in [3.8, 4) is 0 Å². The quantitative estimate of drug-likeness (QED) is 0.695. The first-order chi connectivity index (χ1) is 8.56. The molecular formula is C13H18FN3O. The number of halogens is 1. The van der Waals surface area contributed by atoms with Crippen molar-refractivity contribution in [1.29, 1.82) is 0 Å². The predicted molar refractivity (Wildman–Crippen MR) is 68.5 cm³/mol. The summed E-state index contributed by atoms with van der Waals surface area (Å²) in [6.07, 6.45) is 3.61. The summed E-state index contributed by atoms with van der Waals surface area (Å²) in [6, 6.07) is 4.19. The van der Waals surface area contributed by atoms with Gasteiger partial charge in [0.1, 0.15) is 5.82 Å². The maximum atomic E-state index is 12.9. The highest BCUT2D eigenvalue weighted by Crippen LogP contribution is 2.19. The maximum Gasteiger partial charge on any atom is 0.253 e. The van der Waals surface area contributed by atoms with Gasteiger partial charge in [-0.25, -0.2) is 4.39 Å². The highest BCUT2D eigenvalue weighted by Gasteiger charge is 2.21. The molecular weight excluding hydrogens is 233 g/mol. The van der Waals surface area contributed by atoms with Crippen molar-refractivity contribution < 1.29 is 9.18 Å². The van der Waals surface area contributed by atoms with Crippen molar-refractivity contribution in [3.63, 3.8) is 0 Å². The third kappa shape index (κ3) is 2.98. The van der Waals surface area contributed by atoms with Crippen LogP contribution in [0, 0.1) is 5.82 Å². The minimum atomic E-state index is -0.437. The Morgan fingerprint density at radius 3 is 2.56 bits per heavy atom. The Labute approximate surface area is 106 Å². The minimum Gasteiger partial charge on any atom is -0.398 e. The van der Waals surface area contributed by atoms with Crippen LogP contribution in [0.25, 0.3) is 0 Å². The summed E-state index contributed by atoms with van der Waals surface area (Å²) in [6.45, 7) is 0. The van der Waals surface area contributed by atoms with Crippen molar-refractivity contribution in [2.45, 2.75) is 37.8 Å². The summed E-state index contributed by atoms with van der Waals surface area (Å²) in [4.78, 5) is 12.0. The Morgan fingerprint density at radius 2 is 1.94 bits per heavy atom. The number of nitrogens with one attached hydrogen (secondary N) is 1. The first kappa shape index (κ1) is 12.8. The third-order valence-corrected chi connectivity index (χ3v) is 3.37. The SMILES string of the molecule is Nc1cc(F)ccc1C(=O)NC1CCC(N)CC1. The molecule has 0 atom stereocenters. The number of rotatable bonds is 2. The van der Waals surface area contributed by atoms with Crippen LogP contribution in [-0.2, 0) is 0 Å². The van der Waals surface area contributed by atoms with Gasteiger partial charge in [0.05, 0.1) is 5.56 Å². The van der Waals surface area contributed by atoms with E-state index < -0.39 is 5.82 Å². The Bertz CT molecular complexity index is 442. The third-order valence-electron chi connectivity index (χ3n) is 3.37. The topological polar surface area (TPSA) is 81.1 Å². The molecule has 5 N–H and O–H groups in total. The largest absolute Gasteiger partial charge is 0.398 e. The Kier molecular flexibility index (Phi) is 3.81. The van der Waals surface area contributed by atoms with Crippen LogP contribution in [0.1, 0.15) is 36.0 Å². The lowest BCUT2D eigenvalue weighted by Gasteiger charge is -2.26. The number of nitrogens with two attached hydrogens (primary N) is 2. The molecule has 1 aliphatic carbocycles. The summed E-state index contributed by atoms with van der Waals surface area (Å²) in [7, 11) is 0. The van der Waals surface area contributed by atoms with Crippen molar-refractivity contribution in [1.82, 2.24) is 5.32 Å². The van der Waals surface area contributed by atoms with E-state index in [4.69, 9.17) is 11.5 Å². The number of carbonyl (C=O) groups excluding carboxylic acids is 1. The lowest BCUT2D eigenvalue weighted by atomic mass is 9.91. The highest BCUT2D eigenvalue weighted by molar-refractivity contribution is 5.99. The van der Waals surface area contributed by atoms with E-state index in [0.717, 1.165) is 31.7 Å². The van der Waals surface area contributed by atoms with Crippen molar-refractivity contribution in [3.05, 3.63) is 29.6 Å². The molecule has 1 saturated carbocycles. The van der Waals surface area contributed by atoms with Gasteiger partial charge in [-0.3, -0.25) is 4.79 Å². The molecule has 1 aromatic carbocycles. The Morgan fingerprint density at radius 1 is 1.28 bits per heavy atom. The van der Waals surface area contributed by atoms with E-state index in [1.54, 1.807) is 0 Å². The van der Waals surface area contributed by atoms with E-state index >= 15 is 0 Å². The predicted octanol–water partition coefficient (Wildman–Crippen LogP) is 1.41. The van der Waals surface area contributed by atoms with Crippen molar-refractivity contribution >= 4 is 11.6 Å². The van der Waals surface area contributed by atoms with Crippen LogP contribution < -0.4 is 16.8 Å². The van der Waals surface area contributed by atoms with E-state index in [0.29, 0.717) is 5.56 Å². The average molecular weight is 251 g/mol. The lowest BCUT2D eigenvalue weighted by molar-refractivity contribution is 0.0927. The monoisotopic (exact) mass is 251 g/mol. The molecule has 0 unspecified atom stereocenters. The molecule has 0 saturated heterocycles. The number of anilines is 1. The molecule has 4 nitrogen and oxygen atoms in total. The molecule has 0 heterocycles. The van der Waals surface area contributed by atoms with Gasteiger partial charge in [-0.15, -0.1) is 0 Å². The summed E-state index contributed by atoms with van der Waals surface area (Å²) < 4.78 is 12.9. The average Bonchev–Trinajstić information content (AvgIpc) is 2.32. The Hall–Kier alpha value is -1.62. The molecule has 1 aliphatic rings. The van der Waals surface area contributed by atoms with E-state index in [-0.39, 0.29) is 23.7 Å². The van der Waals surface area contributed by atoms with Gasteiger partial charge in [-0.05, 0) is 43.9 Å². The molecule has 2 rings (SSSR count). The first-order valence-corrected chi connectivity index (χ1v) is 6.17. The Balaban J connectivity index is 1.99. The molecule has 98 valence electrons. The number of benzene rings is 1. The van der Waals surface area contributed by atoms with Gasteiger partial charge in [0.2, 0.25) is 0 Å². The number of carbonyl (C=O) groups is 1.